The van der Waals surface area contributed by atoms with Crippen molar-refractivity contribution < 1.29 is 9.18 Å². The molecule has 0 aromatic heterocycles. The lowest BCUT2D eigenvalue weighted by atomic mass is 9.74. The second kappa shape index (κ2) is 6.35. The highest BCUT2D eigenvalue weighted by Crippen LogP contribution is 2.36. The zero-order valence-electron chi connectivity index (χ0n) is 12.3. The number of carbonyl (C=O) groups is 1. The van der Waals surface area contributed by atoms with Gasteiger partial charge in [-0.15, -0.1) is 0 Å². The number of hydrogen-bond donors (Lipinski definition) is 2. The number of aryl methyl sites for hydroxylation is 1. The van der Waals surface area contributed by atoms with Crippen molar-refractivity contribution in [3.05, 3.63) is 29.6 Å². The summed E-state index contributed by atoms with van der Waals surface area (Å²) in [5.41, 5.74) is 0.736. The number of nitrogens with one attached hydrogen (secondary N) is 2. The predicted molar refractivity (Wildman–Crippen MR) is 79.2 cm³/mol. The molecule has 0 atom stereocenters. The molecule has 110 valence electrons. The van der Waals surface area contributed by atoms with E-state index in [0.717, 1.165) is 44.3 Å². The molecule has 1 aliphatic heterocycles. The first kappa shape index (κ1) is 15.0. The maximum absolute atomic E-state index is 13.9. The normalized spacial score (nSPS) is 17.8. The summed E-state index contributed by atoms with van der Waals surface area (Å²) >= 11 is 0. The number of halogens is 1. The van der Waals surface area contributed by atoms with Gasteiger partial charge in [0, 0.05) is 0 Å². The Balaban J connectivity index is 2.20. The van der Waals surface area contributed by atoms with Crippen LogP contribution >= 0.6 is 0 Å². The van der Waals surface area contributed by atoms with E-state index in [1.807, 2.05) is 13.0 Å². The topological polar surface area (TPSA) is 41.1 Å². The van der Waals surface area contributed by atoms with Crippen LogP contribution in [-0.2, 0) is 4.79 Å². The molecule has 0 aliphatic carbocycles. The standard InChI is InChI=1S/C16H23FN2O/c1-3-7-16(8-10-18-11-9-16)15(20)19-14-12(2)5-4-6-13(14)17/h4-6,18H,3,7-11H2,1-2H3,(H,19,20). The van der Waals surface area contributed by atoms with E-state index in [0.29, 0.717) is 5.69 Å². The maximum Gasteiger partial charge on any atom is 0.230 e. The number of benzene rings is 1. The van der Waals surface area contributed by atoms with Crippen LogP contribution < -0.4 is 10.6 Å². The molecule has 4 heteroatoms. The van der Waals surface area contributed by atoms with Crippen molar-refractivity contribution in [3.63, 3.8) is 0 Å². The van der Waals surface area contributed by atoms with Gasteiger partial charge in [-0.05, 0) is 50.9 Å². The molecule has 0 radical (unpaired) electrons. The first-order chi connectivity index (χ1) is 9.59. The third-order valence-electron chi connectivity index (χ3n) is 4.23. The predicted octanol–water partition coefficient (Wildman–Crippen LogP) is 3.24. The minimum atomic E-state index is -0.362. The van der Waals surface area contributed by atoms with Crippen molar-refractivity contribution in [2.45, 2.75) is 39.5 Å². The van der Waals surface area contributed by atoms with E-state index in [-0.39, 0.29) is 17.1 Å². The molecule has 1 fully saturated rings. The van der Waals surface area contributed by atoms with Crippen LogP contribution in [0.25, 0.3) is 0 Å². The maximum atomic E-state index is 13.9. The molecule has 1 amide bonds. The first-order valence-electron chi connectivity index (χ1n) is 7.36. The largest absolute Gasteiger partial charge is 0.323 e. The molecule has 1 aromatic carbocycles. The third kappa shape index (κ3) is 3.01. The Kier molecular flexibility index (Phi) is 4.76. The Morgan fingerprint density at radius 3 is 2.70 bits per heavy atom. The van der Waals surface area contributed by atoms with Gasteiger partial charge in [0.25, 0.3) is 0 Å². The van der Waals surface area contributed by atoms with Crippen molar-refractivity contribution in [1.29, 1.82) is 0 Å². The number of amides is 1. The molecule has 1 heterocycles. The van der Waals surface area contributed by atoms with E-state index < -0.39 is 0 Å². The van der Waals surface area contributed by atoms with E-state index in [1.165, 1.54) is 6.07 Å². The lowest BCUT2D eigenvalue weighted by Gasteiger charge is -2.36. The van der Waals surface area contributed by atoms with Gasteiger partial charge in [0.05, 0.1) is 11.1 Å². The average Bonchev–Trinajstić information content (AvgIpc) is 2.44. The number of rotatable bonds is 4. The van der Waals surface area contributed by atoms with Gasteiger partial charge in [-0.2, -0.15) is 0 Å². The average molecular weight is 278 g/mol. The van der Waals surface area contributed by atoms with Crippen LogP contribution in [0.4, 0.5) is 10.1 Å². The quantitative estimate of drug-likeness (QED) is 0.887. The molecule has 0 bridgehead atoms. The minimum Gasteiger partial charge on any atom is -0.323 e. The first-order valence-corrected chi connectivity index (χ1v) is 7.36. The van der Waals surface area contributed by atoms with Crippen LogP contribution in [0.5, 0.6) is 0 Å². The summed E-state index contributed by atoms with van der Waals surface area (Å²) in [6.07, 6.45) is 3.46. The van der Waals surface area contributed by atoms with Gasteiger partial charge >= 0.3 is 0 Å². The van der Waals surface area contributed by atoms with E-state index >= 15 is 0 Å². The van der Waals surface area contributed by atoms with Gasteiger partial charge in [-0.3, -0.25) is 4.79 Å². The summed E-state index contributed by atoms with van der Waals surface area (Å²) in [7, 11) is 0. The fourth-order valence-electron chi connectivity index (χ4n) is 3.01. The number of piperidine rings is 1. The van der Waals surface area contributed by atoms with E-state index in [2.05, 4.69) is 17.6 Å². The summed E-state index contributed by atoms with van der Waals surface area (Å²) < 4.78 is 13.9. The van der Waals surface area contributed by atoms with E-state index in [9.17, 15) is 9.18 Å². The molecule has 0 saturated carbocycles. The van der Waals surface area contributed by atoms with Crippen LogP contribution in [0.3, 0.4) is 0 Å². The van der Waals surface area contributed by atoms with Gasteiger partial charge in [-0.1, -0.05) is 25.5 Å². The van der Waals surface area contributed by atoms with Gasteiger partial charge in [0.1, 0.15) is 5.82 Å². The number of para-hydroxylation sites is 1. The van der Waals surface area contributed by atoms with Crippen molar-refractivity contribution in [2.24, 2.45) is 5.41 Å². The molecular weight excluding hydrogens is 255 g/mol. The zero-order chi connectivity index (χ0) is 14.6. The van der Waals surface area contributed by atoms with Gasteiger partial charge in [-0.25, -0.2) is 4.39 Å². The molecule has 2 N–H and O–H groups in total. The number of carbonyl (C=O) groups excluding carboxylic acids is 1. The van der Waals surface area contributed by atoms with Crippen molar-refractivity contribution in [3.8, 4) is 0 Å². The third-order valence-corrected chi connectivity index (χ3v) is 4.23. The molecule has 2 rings (SSSR count). The van der Waals surface area contributed by atoms with Crippen LogP contribution in [0.2, 0.25) is 0 Å². The Morgan fingerprint density at radius 2 is 2.10 bits per heavy atom. The summed E-state index contributed by atoms with van der Waals surface area (Å²) in [5, 5.41) is 6.12. The Morgan fingerprint density at radius 1 is 1.40 bits per heavy atom. The molecule has 0 unspecified atom stereocenters. The SMILES string of the molecule is CCCC1(C(=O)Nc2c(C)cccc2F)CCNCC1. The molecule has 20 heavy (non-hydrogen) atoms. The summed E-state index contributed by atoms with van der Waals surface area (Å²) in [5.74, 6) is -0.395. The molecule has 1 aromatic rings. The minimum absolute atomic E-state index is 0.0333. The lowest BCUT2D eigenvalue weighted by Crippen LogP contribution is -2.45. The van der Waals surface area contributed by atoms with Crippen molar-refractivity contribution in [1.82, 2.24) is 5.32 Å². The van der Waals surface area contributed by atoms with E-state index in [1.54, 1.807) is 6.07 Å². The Bertz CT molecular complexity index is 456. The fraction of sp³-hybridized carbons (Fsp3) is 0.562. The Hall–Kier alpha value is -1.42. The van der Waals surface area contributed by atoms with Crippen LogP contribution in [-0.4, -0.2) is 19.0 Å². The highest BCUT2D eigenvalue weighted by Gasteiger charge is 2.38. The lowest BCUT2D eigenvalue weighted by molar-refractivity contribution is -0.127. The highest BCUT2D eigenvalue weighted by atomic mass is 19.1. The summed E-state index contributed by atoms with van der Waals surface area (Å²) in [4.78, 5) is 12.7. The number of hydrogen-bond acceptors (Lipinski definition) is 2. The number of anilines is 1. The molecule has 0 spiro atoms. The van der Waals surface area contributed by atoms with Gasteiger partial charge < -0.3 is 10.6 Å². The smallest absolute Gasteiger partial charge is 0.230 e. The molecule has 1 saturated heterocycles. The van der Waals surface area contributed by atoms with Crippen LogP contribution in [0.1, 0.15) is 38.2 Å². The zero-order valence-corrected chi connectivity index (χ0v) is 12.3. The summed E-state index contributed by atoms with van der Waals surface area (Å²) in [6.45, 7) is 5.60. The van der Waals surface area contributed by atoms with Crippen molar-refractivity contribution in [2.75, 3.05) is 18.4 Å². The second-order valence-electron chi connectivity index (χ2n) is 5.67. The van der Waals surface area contributed by atoms with Crippen LogP contribution in [0, 0.1) is 18.2 Å². The monoisotopic (exact) mass is 278 g/mol. The van der Waals surface area contributed by atoms with Crippen LogP contribution in [0.15, 0.2) is 18.2 Å². The van der Waals surface area contributed by atoms with Crippen molar-refractivity contribution >= 4 is 11.6 Å². The fourth-order valence-corrected chi connectivity index (χ4v) is 3.01. The second-order valence-corrected chi connectivity index (χ2v) is 5.67. The Labute approximate surface area is 120 Å². The van der Waals surface area contributed by atoms with E-state index in [4.69, 9.17) is 0 Å². The molecular formula is C16H23FN2O. The molecule has 3 nitrogen and oxygen atoms in total. The highest BCUT2D eigenvalue weighted by molar-refractivity contribution is 5.96. The van der Waals surface area contributed by atoms with Gasteiger partial charge in [0.15, 0.2) is 0 Å². The summed E-state index contributed by atoms with van der Waals surface area (Å²) in [6, 6.07) is 4.86. The molecule has 1 aliphatic rings. The van der Waals surface area contributed by atoms with Gasteiger partial charge in [0.2, 0.25) is 5.91 Å².